The summed E-state index contributed by atoms with van der Waals surface area (Å²) in [5.74, 6) is 0. The van der Waals surface area contributed by atoms with Crippen molar-refractivity contribution in [1.82, 2.24) is 10.2 Å². The van der Waals surface area contributed by atoms with Crippen molar-refractivity contribution in [2.75, 3.05) is 33.2 Å². The molecule has 1 fully saturated rings. The molecule has 0 radical (unpaired) electrons. The van der Waals surface area contributed by atoms with Crippen LogP contribution >= 0.6 is 0 Å². The molecule has 1 aliphatic heterocycles. The van der Waals surface area contributed by atoms with Gasteiger partial charge in [-0.05, 0) is 32.0 Å². The summed E-state index contributed by atoms with van der Waals surface area (Å²) in [5, 5.41) is 15.8. The van der Waals surface area contributed by atoms with Crippen LogP contribution in [0.2, 0.25) is 0 Å². The number of hydrogen-bond donors (Lipinski definition) is 1. The van der Waals surface area contributed by atoms with Gasteiger partial charge in [0.15, 0.2) is 0 Å². The molecule has 0 aromatic carbocycles. The molecule has 0 bridgehead atoms. The van der Waals surface area contributed by atoms with Gasteiger partial charge in [-0.2, -0.15) is 5.26 Å². The molecule has 0 amide bonds. The van der Waals surface area contributed by atoms with Crippen LogP contribution in [0.4, 0.5) is 0 Å². The quantitative estimate of drug-likeness (QED) is 0.315. The number of likely N-dealkylation sites (N-methyl/N-ethyl adjacent to an activating group) is 1. The van der Waals surface area contributed by atoms with E-state index in [4.69, 9.17) is 10.8 Å². The lowest BCUT2D eigenvalue weighted by Gasteiger charge is -2.22. The zero-order valence-electron chi connectivity index (χ0n) is 8.98. The Morgan fingerprint density at radius 2 is 2.53 bits per heavy atom. The predicted molar refractivity (Wildman–Crippen MR) is 57.1 cm³/mol. The molecule has 0 saturated carbocycles. The molecule has 6 heteroatoms. The largest absolute Gasteiger partial charge is 0.303 e. The van der Waals surface area contributed by atoms with Crippen LogP contribution < -0.4 is 5.32 Å². The maximum atomic E-state index is 9.12. The van der Waals surface area contributed by atoms with Crippen molar-refractivity contribution in [3.05, 3.63) is 10.4 Å². The van der Waals surface area contributed by atoms with Gasteiger partial charge in [0.25, 0.3) is 0 Å². The third-order valence-electron chi connectivity index (χ3n) is 2.64. The third kappa shape index (κ3) is 3.40. The second-order valence-electron chi connectivity index (χ2n) is 3.92. The zero-order valence-corrected chi connectivity index (χ0v) is 8.98. The summed E-state index contributed by atoms with van der Waals surface area (Å²) in [5.41, 5.74) is 7.69. The Labute approximate surface area is 89.5 Å². The molecule has 1 N–H and O–H groups in total. The SMILES string of the molecule is CN1CCC(C#N)(NCCCN=[N+]=[N-])C1. The number of likely N-dealkylation sites (tertiary alicyclic amines) is 1. The average Bonchev–Trinajstić information content (AvgIpc) is 2.61. The van der Waals surface area contributed by atoms with Crippen LogP contribution in [0.5, 0.6) is 0 Å². The highest BCUT2D eigenvalue weighted by Crippen LogP contribution is 2.18. The summed E-state index contributed by atoms with van der Waals surface area (Å²) in [6.45, 7) is 2.93. The van der Waals surface area contributed by atoms with Crippen LogP contribution in [0.3, 0.4) is 0 Å². The lowest BCUT2D eigenvalue weighted by molar-refractivity contribution is 0.364. The maximum Gasteiger partial charge on any atom is 0.120 e. The summed E-state index contributed by atoms with van der Waals surface area (Å²) in [6.07, 6.45) is 1.64. The standard InChI is InChI=1S/C9H16N6/c1-15-6-3-9(7-10,8-15)12-4-2-5-13-14-11/h12H,2-6,8H2,1H3. The maximum absolute atomic E-state index is 9.12. The molecule has 0 aromatic rings. The van der Waals surface area contributed by atoms with Crippen molar-refractivity contribution in [2.45, 2.75) is 18.4 Å². The van der Waals surface area contributed by atoms with Gasteiger partial charge in [-0.3, -0.25) is 5.32 Å². The fraction of sp³-hybridized carbons (Fsp3) is 0.889. The van der Waals surface area contributed by atoms with E-state index >= 15 is 0 Å². The highest BCUT2D eigenvalue weighted by atomic mass is 15.2. The molecular weight excluding hydrogens is 192 g/mol. The zero-order chi connectivity index (χ0) is 11.1. The van der Waals surface area contributed by atoms with Crippen LogP contribution in [0.1, 0.15) is 12.8 Å². The van der Waals surface area contributed by atoms with Crippen molar-refractivity contribution < 1.29 is 0 Å². The molecule has 6 nitrogen and oxygen atoms in total. The van der Waals surface area contributed by atoms with E-state index in [9.17, 15) is 0 Å². The van der Waals surface area contributed by atoms with Gasteiger partial charge in [0.1, 0.15) is 5.54 Å². The molecular formula is C9H16N6. The van der Waals surface area contributed by atoms with Crippen LogP contribution in [0, 0.1) is 11.3 Å². The second kappa shape index (κ2) is 5.56. The first-order valence-corrected chi connectivity index (χ1v) is 5.08. The van der Waals surface area contributed by atoms with Crippen LogP contribution in [-0.4, -0.2) is 43.7 Å². The first-order chi connectivity index (χ1) is 7.22. The number of nitrogens with zero attached hydrogens (tertiary/aromatic N) is 5. The third-order valence-corrected chi connectivity index (χ3v) is 2.64. The van der Waals surface area contributed by atoms with E-state index in [1.807, 2.05) is 7.05 Å². The molecule has 0 spiro atoms. The lowest BCUT2D eigenvalue weighted by atomic mass is 10.0. The highest BCUT2D eigenvalue weighted by Gasteiger charge is 2.35. The van der Waals surface area contributed by atoms with E-state index in [1.165, 1.54) is 0 Å². The van der Waals surface area contributed by atoms with Crippen molar-refractivity contribution in [3.63, 3.8) is 0 Å². The van der Waals surface area contributed by atoms with E-state index in [0.29, 0.717) is 6.54 Å². The fourth-order valence-electron chi connectivity index (χ4n) is 1.80. The Balaban J connectivity index is 2.29. The Kier molecular flexibility index (Phi) is 4.37. The van der Waals surface area contributed by atoms with E-state index < -0.39 is 5.54 Å². The van der Waals surface area contributed by atoms with Gasteiger partial charge in [0, 0.05) is 24.5 Å². The van der Waals surface area contributed by atoms with Gasteiger partial charge in [0.05, 0.1) is 6.07 Å². The van der Waals surface area contributed by atoms with Gasteiger partial charge in [-0.25, -0.2) is 0 Å². The van der Waals surface area contributed by atoms with Gasteiger partial charge in [-0.1, -0.05) is 5.11 Å². The first-order valence-electron chi connectivity index (χ1n) is 5.08. The van der Waals surface area contributed by atoms with Crippen molar-refractivity contribution in [3.8, 4) is 6.07 Å². The number of rotatable bonds is 5. The molecule has 0 aromatic heterocycles. The molecule has 1 aliphatic rings. The van der Waals surface area contributed by atoms with Gasteiger partial charge in [-0.15, -0.1) is 0 Å². The number of hydrogen-bond acceptors (Lipinski definition) is 4. The Bertz CT molecular complexity index is 289. The molecule has 1 unspecified atom stereocenters. The minimum absolute atomic E-state index is 0.398. The monoisotopic (exact) mass is 208 g/mol. The molecule has 1 atom stereocenters. The number of nitrogens with one attached hydrogen (secondary N) is 1. The highest BCUT2D eigenvalue weighted by molar-refractivity contribution is 5.12. The normalized spacial score (nSPS) is 25.9. The Morgan fingerprint density at radius 1 is 1.73 bits per heavy atom. The van der Waals surface area contributed by atoms with Gasteiger partial charge in [0.2, 0.25) is 0 Å². The number of nitriles is 1. The van der Waals surface area contributed by atoms with E-state index in [0.717, 1.165) is 32.5 Å². The van der Waals surface area contributed by atoms with Crippen LogP contribution in [-0.2, 0) is 0 Å². The van der Waals surface area contributed by atoms with Crippen molar-refractivity contribution in [2.24, 2.45) is 5.11 Å². The molecule has 0 aliphatic carbocycles. The predicted octanol–water partition coefficient (Wildman–Crippen LogP) is 0.874. The Morgan fingerprint density at radius 3 is 3.07 bits per heavy atom. The van der Waals surface area contributed by atoms with Crippen molar-refractivity contribution in [1.29, 1.82) is 5.26 Å². The fourth-order valence-corrected chi connectivity index (χ4v) is 1.80. The summed E-state index contributed by atoms with van der Waals surface area (Å²) in [4.78, 5) is 4.82. The smallest absolute Gasteiger partial charge is 0.120 e. The molecule has 15 heavy (non-hydrogen) atoms. The first kappa shape index (κ1) is 11.8. The minimum Gasteiger partial charge on any atom is -0.303 e. The minimum atomic E-state index is -0.398. The lowest BCUT2D eigenvalue weighted by Crippen LogP contribution is -2.46. The topological polar surface area (TPSA) is 87.8 Å². The van der Waals surface area contributed by atoms with E-state index in [-0.39, 0.29) is 0 Å². The van der Waals surface area contributed by atoms with E-state index in [2.05, 4.69) is 26.3 Å². The summed E-state index contributed by atoms with van der Waals surface area (Å²) in [6, 6.07) is 2.34. The average molecular weight is 208 g/mol. The molecule has 82 valence electrons. The molecule has 1 rings (SSSR count). The van der Waals surface area contributed by atoms with Crippen molar-refractivity contribution >= 4 is 0 Å². The van der Waals surface area contributed by atoms with Gasteiger partial charge >= 0.3 is 0 Å². The summed E-state index contributed by atoms with van der Waals surface area (Å²) >= 11 is 0. The Hall–Kier alpha value is -1.28. The molecule has 1 heterocycles. The summed E-state index contributed by atoms with van der Waals surface area (Å²) in [7, 11) is 2.01. The van der Waals surface area contributed by atoms with Crippen LogP contribution in [0.15, 0.2) is 5.11 Å². The molecule has 1 saturated heterocycles. The summed E-state index contributed by atoms with van der Waals surface area (Å²) < 4.78 is 0. The second-order valence-corrected chi connectivity index (χ2v) is 3.92. The van der Waals surface area contributed by atoms with Crippen LogP contribution in [0.25, 0.3) is 10.4 Å². The van der Waals surface area contributed by atoms with E-state index in [1.54, 1.807) is 0 Å². The number of azide groups is 1. The van der Waals surface area contributed by atoms with Gasteiger partial charge < -0.3 is 4.90 Å².